The topological polar surface area (TPSA) is 48.8 Å². The van der Waals surface area contributed by atoms with Gasteiger partial charge in [0, 0.05) is 43.9 Å². The maximum atomic E-state index is 6.32. The molecule has 266 valence electrons. The number of benzene rings is 8. The van der Waals surface area contributed by atoms with E-state index >= 15 is 0 Å². The van der Waals surface area contributed by atoms with E-state index in [0.29, 0.717) is 11.4 Å². The van der Waals surface area contributed by atoms with Crippen LogP contribution in [0.2, 0.25) is 0 Å². The second-order valence-electron chi connectivity index (χ2n) is 14.6. The third kappa shape index (κ3) is 4.89. The SMILES string of the molecule is c1cc(-c2cccc(-n3c4ccccc4c4ccccc43)c2)cc(-c2ccccc2-c2ncc3oc4ccc(-n5c6ccccc6c6ccccc65)cc4c3n2)c1. The molecule has 0 bridgehead atoms. The van der Waals surface area contributed by atoms with Crippen LogP contribution in [-0.2, 0) is 0 Å². The molecule has 0 saturated carbocycles. The Hall–Kier alpha value is -7.76. The molecule has 0 aliphatic carbocycles. The number of hydrogen-bond acceptors (Lipinski definition) is 3. The van der Waals surface area contributed by atoms with Gasteiger partial charge in [-0.2, -0.15) is 0 Å². The van der Waals surface area contributed by atoms with Crippen LogP contribution in [0.15, 0.2) is 199 Å². The Morgan fingerprint density at radius 3 is 1.51 bits per heavy atom. The molecule has 0 fully saturated rings. The van der Waals surface area contributed by atoms with Gasteiger partial charge in [0.15, 0.2) is 11.4 Å². The minimum Gasteiger partial charge on any atom is -0.453 e. The van der Waals surface area contributed by atoms with Crippen LogP contribution in [0.25, 0.3) is 111 Å². The predicted molar refractivity (Wildman–Crippen MR) is 234 cm³/mol. The van der Waals surface area contributed by atoms with Crippen molar-refractivity contribution in [2.45, 2.75) is 0 Å². The van der Waals surface area contributed by atoms with Crippen molar-refractivity contribution in [2.24, 2.45) is 0 Å². The molecule has 0 aliphatic rings. The molecule has 0 spiro atoms. The Morgan fingerprint density at radius 1 is 0.368 bits per heavy atom. The van der Waals surface area contributed by atoms with Gasteiger partial charge >= 0.3 is 0 Å². The third-order valence-electron chi connectivity index (χ3n) is 11.4. The quantitative estimate of drug-likeness (QED) is 0.177. The minimum atomic E-state index is 0.654. The van der Waals surface area contributed by atoms with Gasteiger partial charge in [-0.25, -0.2) is 9.97 Å². The average Bonchev–Trinajstić information content (AvgIpc) is 3.94. The molecule has 0 aliphatic heterocycles. The van der Waals surface area contributed by atoms with E-state index in [0.717, 1.165) is 66.7 Å². The van der Waals surface area contributed by atoms with E-state index in [2.05, 4.69) is 191 Å². The van der Waals surface area contributed by atoms with Crippen LogP contribution < -0.4 is 0 Å². The molecular weight excluding hydrogens is 697 g/mol. The van der Waals surface area contributed by atoms with E-state index in [9.17, 15) is 0 Å². The third-order valence-corrected chi connectivity index (χ3v) is 11.4. The van der Waals surface area contributed by atoms with Gasteiger partial charge in [0.05, 0.1) is 28.3 Å². The summed E-state index contributed by atoms with van der Waals surface area (Å²) in [5.41, 5.74) is 14.6. The summed E-state index contributed by atoms with van der Waals surface area (Å²) in [7, 11) is 0. The average molecular weight is 729 g/mol. The van der Waals surface area contributed by atoms with Gasteiger partial charge in [-0.1, -0.05) is 127 Å². The van der Waals surface area contributed by atoms with Crippen molar-refractivity contribution in [3.05, 3.63) is 194 Å². The molecule has 0 radical (unpaired) electrons. The lowest BCUT2D eigenvalue weighted by Crippen LogP contribution is -1.94. The van der Waals surface area contributed by atoms with Crippen molar-refractivity contribution >= 4 is 65.7 Å². The molecule has 5 heteroatoms. The lowest BCUT2D eigenvalue weighted by molar-refractivity contribution is 0.666. The number of aromatic nitrogens is 4. The van der Waals surface area contributed by atoms with E-state index in [1.807, 2.05) is 12.3 Å². The van der Waals surface area contributed by atoms with Crippen LogP contribution in [0.3, 0.4) is 0 Å². The zero-order valence-corrected chi connectivity index (χ0v) is 30.7. The Balaban J connectivity index is 0.956. The summed E-state index contributed by atoms with van der Waals surface area (Å²) < 4.78 is 11.0. The van der Waals surface area contributed by atoms with Crippen LogP contribution in [0.4, 0.5) is 0 Å². The predicted octanol–water partition coefficient (Wildman–Crippen LogP) is 13.6. The summed E-state index contributed by atoms with van der Waals surface area (Å²) in [6.45, 7) is 0. The minimum absolute atomic E-state index is 0.654. The van der Waals surface area contributed by atoms with Gasteiger partial charge < -0.3 is 13.6 Å². The smallest absolute Gasteiger partial charge is 0.172 e. The van der Waals surface area contributed by atoms with Crippen molar-refractivity contribution in [1.82, 2.24) is 19.1 Å². The zero-order valence-electron chi connectivity index (χ0n) is 30.7. The molecular formula is C52H32N4O. The van der Waals surface area contributed by atoms with Crippen LogP contribution in [0.5, 0.6) is 0 Å². The molecule has 12 rings (SSSR count). The summed E-state index contributed by atoms with van der Waals surface area (Å²) in [4.78, 5) is 10.1. The number of hydrogen-bond donors (Lipinski definition) is 0. The highest BCUT2D eigenvalue weighted by atomic mass is 16.3. The maximum Gasteiger partial charge on any atom is 0.172 e. The Kier molecular flexibility index (Phi) is 6.86. The second kappa shape index (κ2) is 12.4. The van der Waals surface area contributed by atoms with E-state index in [1.165, 1.54) is 32.6 Å². The molecule has 8 aromatic carbocycles. The lowest BCUT2D eigenvalue weighted by Gasteiger charge is -2.12. The first-order valence-electron chi connectivity index (χ1n) is 19.2. The molecule has 0 saturated heterocycles. The standard InChI is InChI=1S/C52H32N4O/c1-2-22-43(52-53-32-50-51(54-52)44-31-37(27-28-49(44)57-50)56-47-25-9-5-20-41(47)42-21-6-10-26-48(42)56)38(17-1)35-15-11-13-33(29-35)34-14-12-16-36(30-34)55-45-23-7-3-18-39(45)40-19-4-8-24-46(40)55/h1-32H. The number of para-hydroxylation sites is 4. The van der Waals surface area contributed by atoms with Crippen molar-refractivity contribution < 1.29 is 4.42 Å². The van der Waals surface area contributed by atoms with Gasteiger partial charge in [-0.15, -0.1) is 0 Å². The summed E-state index contributed by atoms with van der Waals surface area (Å²) in [6.07, 6.45) is 1.81. The van der Waals surface area contributed by atoms with Gasteiger partial charge in [0.1, 0.15) is 11.1 Å². The molecule has 12 aromatic rings. The highest BCUT2D eigenvalue weighted by molar-refractivity contribution is 6.11. The van der Waals surface area contributed by atoms with E-state index in [-0.39, 0.29) is 0 Å². The fraction of sp³-hybridized carbons (Fsp3) is 0. The maximum absolute atomic E-state index is 6.32. The van der Waals surface area contributed by atoms with Crippen LogP contribution in [0.1, 0.15) is 0 Å². The van der Waals surface area contributed by atoms with Gasteiger partial charge in [0.2, 0.25) is 0 Å². The monoisotopic (exact) mass is 728 g/mol. The van der Waals surface area contributed by atoms with E-state index < -0.39 is 0 Å². The number of furan rings is 1. The molecule has 4 heterocycles. The fourth-order valence-electron chi connectivity index (χ4n) is 8.84. The van der Waals surface area contributed by atoms with E-state index in [1.54, 1.807) is 0 Å². The first-order chi connectivity index (χ1) is 28.3. The summed E-state index contributed by atoms with van der Waals surface area (Å²) in [5.74, 6) is 0.654. The summed E-state index contributed by atoms with van der Waals surface area (Å²) >= 11 is 0. The highest BCUT2D eigenvalue weighted by Gasteiger charge is 2.18. The Labute approximate surface area is 327 Å². The Bertz CT molecular complexity index is 3440. The molecule has 0 atom stereocenters. The molecule has 0 unspecified atom stereocenters. The number of fused-ring (bicyclic) bond motifs is 9. The highest BCUT2D eigenvalue weighted by Crippen LogP contribution is 2.38. The van der Waals surface area contributed by atoms with Crippen molar-refractivity contribution in [1.29, 1.82) is 0 Å². The fourth-order valence-corrected chi connectivity index (χ4v) is 8.84. The zero-order chi connectivity index (χ0) is 37.5. The normalized spacial score (nSPS) is 11.9. The van der Waals surface area contributed by atoms with Crippen LogP contribution >= 0.6 is 0 Å². The van der Waals surface area contributed by atoms with E-state index in [4.69, 9.17) is 14.4 Å². The molecule has 57 heavy (non-hydrogen) atoms. The second-order valence-corrected chi connectivity index (χ2v) is 14.6. The van der Waals surface area contributed by atoms with Crippen molar-refractivity contribution in [3.63, 3.8) is 0 Å². The van der Waals surface area contributed by atoms with Crippen molar-refractivity contribution in [3.8, 4) is 45.0 Å². The summed E-state index contributed by atoms with van der Waals surface area (Å²) in [6, 6.07) is 66.8. The first kappa shape index (κ1) is 31.6. The number of nitrogens with zero attached hydrogens (tertiary/aromatic N) is 4. The molecule has 0 amide bonds. The first-order valence-corrected chi connectivity index (χ1v) is 19.2. The lowest BCUT2D eigenvalue weighted by atomic mass is 9.95. The molecule has 4 aromatic heterocycles. The van der Waals surface area contributed by atoms with Crippen LogP contribution in [-0.4, -0.2) is 19.1 Å². The van der Waals surface area contributed by atoms with Gasteiger partial charge in [-0.3, -0.25) is 0 Å². The van der Waals surface area contributed by atoms with Gasteiger partial charge in [0.25, 0.3) is 0 Å². The molecule has 5 nitrogen and oxygen atoms in total. The number of rotatable bonds is 5. The Morgan fingerprint density at radius 2 is 0.877 bits per heavy atom. The largest absolute Gasteiger partial charge is 0.453 e. The van der Waals surface area contributed by atoms with Crippen LogP contribution in [0, 0.1) is 0 Å². The van der Waals surface area contributed by atoms with Gasteiger partial charge in [-0.05, 0) is 82.9 Å². The molecule has 0 N–H and O–H groups in total. The summed E-state index contributed by atoms with van der Waals surface area (Å²) in [5, 5.41) is 5.92. The van der Waals surface area contributed by atoms with Crippen molar-refractivity contribution in [2.75, 3.05) is 0 Å².